The van der Waals surface area contributed by atoms with Gasteiger partial charge in [-0.05, 0) is 12.0 Å². The minimum absolute atomic E-state index is 0.00700. The van der Waals surface area contributed by atoms with Gasteiger partial charge in [0.2, 0.25) is 5.91 Å². The normalized spacial score (nSPS) is 12.6. The number of ether oxygens (including phenoxy) is 1. The molecule has 1 rings (SSSR count). The van der Waals surface area contributed by atoms with Crippen LogP contribution in [0.2, 0.25) is 0 Å². The highest BCUT2D eigenvalue weighted by molar-refractivity contribution is 5.81. The quantitative estimate of drug-likeness (QED) is 0.831. The molecule has 0 bridgehead atoms. The number of nitrogens with one attached hydrogen (secondary N) is 1. The highest BCUT2D eigenvalue weighted by Crippen LogP contribution is 2.19. The van der Waals surface area contributed by atoms with Gasteiger partial charge in [-0.2, -0.15) is 8.78 Å². The molecular formula is C13H18F2N2O2. The number of alkyl halides is 2. The predicted octanol–water partition coefficient (Wildman–Crippen LogP) is 1.89. The molecule has 0 aromatic heterocycles. The lowest BCUT2D eigenvalue weighted by atomic mass is 10.0. The van der Waals surface area contributed by atoms with Crippen LogP contribution in [-0.4, -0.2) is 18.6 Å². The predicted molar refractivity (Wildman–Crippen MR) is 67.7 cm³/mol. The van der Waals surface area contributed by atoms with Crippen molar-refractivity contribution >= 4 is 5.91 Å². The molecular weight excluding hydrogens is 254 g/mol. The summed E-state index contributed by atoms with van der Waals surface area (Å²) in [4.78, 5) is 11.7. The molecule has 0 fully saturated rings. The summed E-state index contributed by atoms with van der Waals surface area (Å²) in [5, 5.41) is 2.60. The Kier molecular flexibility index (Phi) is 5.69. The average Bonchev–Trinajstić information content (AvgIpc) is 2.35. The molecule has 0 aliphatic carbocycles. The molecule has 6 heteroatoms. The summed E-state index contributed by atoms with van der Waals surface area (Å²) >= 11 is 0. The number of halogens is 2. The number of benzene rings is 1. The monoisotopic (exact) mass is 272 g/mol. The maximum absolute atomic E-state index is 12.2. The largest absolute Gasteiger partial charge is 0.434 e. The number of carbonyl (C=O) groups excluding carboxylic acids is 1. The lowest BCUT2D eigenvalue weighted by Gasteiger charge is -2.16. The van der Waals surface area contributed by atoms with Crippen molar-refractivity contribution in [1.29, 1.82) is 0 Å². The second-order valence-electron chi connectivity index (χ2n) is 4.47. The molecule has 0 aliphatic heterocycles. The van der Waals surface area contributed by atoms with Crippen molar-refractivity contribution in [1.82, 2.24) is 5.32 Å². The topological polar surface area (TPSA) is 64.4 Å². The molecule has 0 unspecified atom stereocenters. The molecule has 1 aromatic carbocycles. The van der Waals surface area contributed by atoms with Crippen molar-refractivity contribution in [3.05, 3.63) is 29.8 Å². The van der Waals surface area contributed by atoms with E-state index in [9.17, 15) is 13.6 Å². The van der Waals surface area contributed by atoms with Crippen LogP contribution in [-0.2, 0) is 11.3 Å². The summed E-state index contributed by atoms with van der Waals surface area (Å²) in [6, 6.07) is 5.68. The van der Waals surface area contributed by atoms with Gasteiger partial charge in [-0.1, -0.05) is 32.0 Å². The van der Waals surface area contributed by atoms with E-state index in [4.69, 9.17) is 5.73 Å². The molecule has 1 aromatic rings. The van der Waals surface area contributed by atoms with Crippen molar-refractivity contribution in [2.75, 3.05) is 0 Å². The summed E-state index contributed by atoms with van der Waals surface area (Å²) in [7, 11) is 0. The molecule has 3 N–H and O–H groups in total. The molecule has 1 amide bonds. The van der Waals surface area contributed by atoms with Crippen LogP contribution >= 0.6 is 0 Å². The van der Waals surface area contributed by atoms with E-state index in [1.165, 1.54) is 6.07 Å². The van der Waals surface area contributed by atoms with Gasteiger partial charge < -0.3 is 15.8 Å². The van der Waals surface area contributed by atoms with Gasteiger partial charge in [0, 0.05) is 12.1 Å². The first-order valence-electron chi connectivity index (χ1n) is 5.97. The number of carbonyl (C=O) groups is 1. The van der Waals surface area contributed by atoms with Crippen LogP contribution in [0.1, 0.15) is 19.4 Å². The molecule has 0 saturated heterocycles. The highest BCUT2D eigenvalue weighted by Gasteiger charge is 2.17. The van der Waals surface area contributed by atoms with Gasteiger partial charge in [-0.25, -0.2) is 0 Å². The fourth-order valence-electron chi connectivity index (χ4n) is 1.46. The first-order valence-corrected chi connectivity index (χ1v) is 5.97. The molecule has 4 nitrogen and oxygen atoms in total. The Morgan fingerprint density at radius 2 is 2.00 bits per heavy atom. The smallest absolute Gasteiger partial charge is 0.387 e. The van der Waals surface area contributed by atoms with Gasteiger partial charge in [-0.3, -0.25) is 4.79 Å². The number of nitrogens with two attached hydrogens (primary N) is 1. The maximum Gasteiger partial charge on any atom is 0.387 e. The van der Waals surface area contributed by atoms with Crippen molar-refractivity contribution in [3.8, 4) is 5.75 Å². The summed E-state index contributed by atoms with van der Waals surface area (Å²) < 4.78 is 28.8. The van der Waals surface area contributed by atoms with E-state index in [0.29, 0.717) is 5.56 Å². The second-order valence-corrected chi connectivity index (χ2v) is 4.47. The fourth-order valence-corrected chi connectivity index (χ4v) is 1.46. The first-order chi connectivity index (χ1) is 8.91. The number of hydrogen-bond acceptors (Lipinski definition) is 3. The molecule has 1 atom stereocenters. The van der Waals surface area contributed by atoms with E-state index in [0.717, 1.165) is 0 Å². The van der Waals surface area contributed by atoms with E-state index >= 15 is 0 Å². The lowest BCUT2D eigenvalue weighted by Crippen LogP contribution is -2.43. The first kappa shape index (κ1) is 15.4. The molecule has 0 radical (unpaired) electrons. The minimum Gasteiger partial charge on any atom is -0.434 e. The minimum atomic E-state index is -2.89. The zero-order valence-corrected chi connectivity index (χ0v) is 10.9. The summed E-state index contributed by atoms with van der Waals surface area (Å²) in [5.41, 5.74) is 6.16. The van der Waals surface area contributed by atoms with Crippen LogP contribution in [0, 0.1) is 5.92 Å². The van der Waals surface area contributed by atoms with Crippen LogP contribution in [0.3, 0.4) is 0 Å². The Bertz CT molecular complexity index is 425. The zero-order valence-electron chi connectivity index (χ0n) is 10.9. The Morgan fingerprint density at radius 3 is 2.58 bits per heavy atom. The highest BCUT2D eigenvalue weighted by atomic mass is 19.3. The lowest BCUT2D eigenvalue weighted by molar-refractivity contribution is -0.123. The van der Waals surface area contributed by atoms with Crippen LogP contribution in [0.5, 0.6) is 5.75 Å². The summed E-state index contributed by atoms with van der Waals surface area (Å²) in [6.45, 7) is 0.869. The van der Waals surface area contributed by atoms with E-state index in [1.807, 2.05) is 13.8 Å². The zero-order chi connectivity index (χ0) is 14.4. The van der Waals surface area contributed by atoms with Gasteiger partial charge in [0.1, 0.15) is 5.75 Å². The number of para-hydroxylation sites is 1. The molecule has 0 aliphatic rings. The van der Waals surface area contributed by atoms with Crippen molar-refractivity contribution < 1.29 is 18.3 Å². The van der Waals surface area contributed by atoms with Crippen LogP contribution in [0.4, 0.5) is 8.78 Å². The van der Waals surface area contributed by atoms with Gasteiger partial charge >= 0.3 is 6.61 Å². The molecule has 0 saturated carbocycles. The Hall–Kier alpha value is -1.69. The van der Waals surface area contributed by atoms with Crippen molar-refractivity contribution in [2.24, 2.45) is 11.7 Å². The van der Waals surface area contributed by atoms with Crippen LogP contribution < -0.4 is 15.8 Å². The number of amides is 1. The molecule has 106 valence electrons. The van der Waals surface area contributed by atoms with Gasteiger partial charge in [-0.15, -0.1) is 0 Å². The van der Waals surface area contributed by atoms with Crippen LogP contribution in [0.25, 0.3) is 0 Å². The van der Waals surface area contributed by atoms with Gasteiger partial charge in [0.05, 0.1) is 6.04 Å². The van der Waals surface area contributed by atoms with E-state index in [1.54, 1.807) is 18.2 Å². The third kappa shape index (κ3) is 4.82. The fraction of sp³-hybridized carbons (Fsp3) is 0.462. The third-order valence-electron chi connectivity index (χ3n) is 2.66. The Morgan fingerprint density at radius 1 is 1.37 bits per heavy atom. The second kappa shape index (κ2) is 7.04. The Labute approximate surface area is 110 Å². The van der Waals surface area contributed by atoms with Crippen molar-refractivity contribution in [2.45, 2.75) is 33.0 Å². The van der Waals surface area contributed by atoms with E-state index in [-0.39, 0.29) is 24.1 Å². The van der Waals surface area contributed by atoms with Gasteiger partial charge in [0.15, 0.2) is 0 Å². The van der Waals surface area contributed by atoms with Crippen molar-refractivity contribution in [3.63, 3.8) is 0 Å². The SMILES string of the molecule is CC(C)[C@@H](N)C(=O)NCc1ccccc1OC(F)F. The standard InChI is InChI=1S/C13H18F2N2O2/c1-8(2)11(16)12(18)17-7-9-5-3-4-6-10(9)19-13(14)15/h3-6,8,11,13H,7,16H2,1-2H3,(H,17,18)/t11-/m1/s1. The summed E-state index contributed by atoms with van der Waals surface area (Å²) in [5.74, 6) is -0.259. The van der Waals surface area contributed by atoms with Crippen LogP contribution in [0.15, 0.2) is 24.3 Å². The number of hydrogen-bond donors (Lipinski definition) is 2. The van der Waals surface area contributed by atoms with E-state index in [2.05, 4.69) is 10.1 Å². The molecule has 19 heavy (non-hydrogen) atoms. The summed E-state index contributed by atoms with van der Waals surface area (Å²) in [6.07, 6.45) is 0. The molecule has 0 spiro atoms. The third-order valence-corrected chi connectivity index (χ3v) is 2.66. The Balaban J connectivity index is 2.65. The molecule has 0 heterocycles. The van der Waals surface area contributed by atoms with Gasteiger partial charge in [0.25, 0.3) is 0 Å². The van der Waals surface area contributed by atoms with E-state index < -0.39 is 12.7 Å². The maximum atomic E-state index is 12.2. The number of rotatable bonds is 6. The average molecular weight is 272 g/mol.